The van der Waals surface area contributed by atoms with Gasteiger partial charge in [0.1, 0.15) is 11.6 Å². The molecule has 1 aliphatic carbocycles. The van der Waals surface area contributed by atoms with Crippen LogP contribution in [0.3, 0.4) is 0 Å². The summed E-state index contributed by atoms with van der Waals surface area (Å²) in [4.78, 5) is 15.1. The molecular weight excluding hydrogens is 188 g/mol. The first-order valence-corrected chi connectivity index (χ1v) is 5.46. The number of ketones is 1. The zero-order valence-corrected chi connectivity index (χ0v) is 8.78. The van der Waals surface area contributed by atoms with Crippen molar-refractivity contribution in [3.05, 3.63) is 23.9 Å². The highest BCUT2D eigenvalue weighted by Gasteiger charge is 2.18. The number of nitrogen functional groups attached to an aromatic ring is 1. The summed E-state index contributed by atoms with van der Waals surface area (Å²) in [5, 5.41) is 0. The van der Waals surface area contributed by atoms with E-state index in [1.54, 1.807) is 6.20 Å². The Hall–Kier alpha value is -1.38. The zero-order valence-electron chi connectivity index (χ0n) is 8.78. The number of rotatable bonds is 2. The predicted octanol–water partition coefficient (Wildman–Crippen LogP) is 1.97. The average Bonchev–Trinajstić information content (AvgIpc) is 2.22. The normalized spacial score (nSPS) is 18.0. The summed E-state index contributed by atoms with van der Waals surface area (Å²) < 4.78 is 0. The first-order valence-electron chi connectivity index (χ1n) is 5.46. The standard InChI is InChI=1S/C12H16N2O/c13-12-8-10(5-6-14-12)7-9-1-3-11(15)4-2-9/h5-6,8-9H,1-4,7H2,(H2,13,14). The monoisotopic (exact) mass is 204 g/mol. The molecule has 3 nitrogen and oxygen atoms in total. The van der Waals surface area contributed by atoms with Crippen molar-refractivity contribution in [2.75, 3.05) is 5.73 Å². The highest BCUT2D eigenvalue weighted by atomic mass is 16.1. The van der Waals surface area contributed by atoms with Crippen LogP contribution in [-0.4, -0.2) is 10.8 Å². The molecule has 2 rings (SSSR count). The summed E-state index contributed by atoms with van der Waals surface area (Å²) in [6.45, 7) is 0. The van der Waals surface area contributed by atoms with Crippen molar-refractivity contribution < 1.29 is 4.79 Å². The number of nitrogens with zero attached hydrogens (tertiary/aromatic N) is 1. The van der Waals surface area contributed by atoms with Crippen LogP contribution in [0.25, 0.3) is 0 Å². The maximum atomic E-state index is 11.1. The van der Waals surface area contributed by atoms with E-state index in [1.807, 2.05) is 12.1 Å². The first-order chi connectivity index (χ1) is 7.24. The third kappa shape index (κ3) is 2.78. The van der Waals surface area contributed by atoms with Gasteiger partial charge in [0.15, 0.2) is 0 Å². The predicted molar refractivity (Wildman–Crippen MR) is 59.3 cm³/mol. The zero-order chi connectivity index (χ0) is 10.7. The molecule has 0 bridgehead atoms. The van der Waals surface area contributed by atoms with Gasteiger partial charge in [-0.1, -0.05) is 0 Å². The van der Waals surface area contributed by atoms with E-state index < -0.39 is 0 Å². The second-order valence-corrected chi connectivity index (χ2v) is 4.28. The van der Waals surface area contributed by atoms with E-state index in [0.29, 0.717) is 17.5 Å². The Bertz CT molecular complexity index is 352. The van der Waals surface area contributed by atoms with Crippen molar-refractivity contribution in [2.24, 2.45) is 5.92 Å². The quantitative estimate of drug-likeness (QED) is 0.801. The topological polar surface area (TPSA) is 56.0 Å². The van der Waals surface area contributed by atoms with E-state index in [0.717, 1.165) is 32.1 Å². The van der Waals surface area contributed by atoms with Gasteiger partial charge in [0.05, 0.1) is 0 Å². The summed E-state index contributed by atoms with van der Waals surface area (Å²) in [6, 6.07) is 3.93. The smallest absolute Gasteiger partial charge is 0.132 e. The van der Waals surface area contributed by atoms with Crippen LogP contribution < -0.4 is 5.73 Å². The van der Waals surface area contributed by atoms with Gasteiger partial charge in [-0.15, -0.1) is 0 Å². The molecule has 0 radical (unpaired) electrons. The van der Waals surface area contributed by atoms with E-state index in [2.05, 4.69) is 4.98 Å². The summed E-state index contributed by atoms with van der Waals surface area (Å²) in [7, 11) is 0. The molecular formula is C12H16N2O. The average molecular weight is 204 g/mol. The minimum Gasteiger partial charge on any atom is -0.384 e. The Morgan fingerprint density at radius 3 is 2.80 bits per heavy atom. The summed E-state index contributed by atoms with van der Waals surface area (Å²) in [5.41, 5.74) is 6.86. The van der Waals surface area contributed by atoms with Crippen LogP contribution in [0, 0.1) is 5.92 Å². The highest BCUT2D eigenvalue weighted by molar-refractivity contribution is 5.79. The van der Waals surface area contributed by atoms with E-state index in [1.165, 1.54) is 5.56 Å². The van der Waals surface area contributed by atoms with Gasteiger partial charge in [0.25, 0.3) is 0 Å². The van der Waals surface area contributed by atoms with E-state index >= 15 is 0 Å². The van der Waals surface area contributed by atoms with Crippen molar-refractivity contribution in [3.8, 4) is 0 Å². The molecule has 0 amide bonds. The van der Waals surface area contributed by atoms with E-state index in [9.17, 15) is 4.79 Å². The summed E-state index contributed by atoms with van der Waals surface area (Å²) in [5.74, 6) is 1.64. The van der Waals surface area contributed by atoms with Gasteiger partial charge >= 0.3 is 0 Å². The molecule has 3 heteroatoms. The van der Waals surface area contributed by atoms with Crippen LogP contribution in [0.15, 0.2) is 18.3 Å². The second-order valence-electron chi connectivity index (χ2n) is 4.28. The molecule has 15 heavy (non-hydrogen) atoms. The van der Waals surface area contributed by atoms with Crippen LogP contribution in [0.5, 0.6) is 0 Å². The summed E-state index contributed by atoms with van der Waals surface area (Å²) >= 11 is 0. The largest absolute Gasteiger partial charge is 0.384 e. The molecule has 1 heterocycles. The second kappa shape index (κ2) is 4.43. The van der Waals surface area contributed by atoms with E-state index in [-0.39, 0.29) is 0 Å². The van der Waals surface area contributed by atoms with Crippen LogP contribution in [0.2, 0.25) is 0 Å². The Morgan fingerprint density at radius 2 is 2.13 bits per heavy atom. The molecule has 0 unspecified atom stereocenters. The molecule has 80 valence electrons. The molecule has 0 saturated heterocycles. The highest BCUT2D eigenvalue weighted by Crippen LogP contribution is 2.25. The lowest BCUT2D eigenvalue weighted by molar-refractivity contribution is -0.120. The fourth-order valence-corrected chi connectivity index (χ4v) is 2.16. The van der Waals surface area contributed by atoms with E-state index in [4.69, 9.17) is 5.73 Å². The molecule has 0 atom stereocenters. The third-order valence-electron chi connectivity index (χ3n) is 3.03. The van der Waals surface area contributed by atoms with Crippen LogP contribution >= 0.6 is 0 Å². The maximum absolute atomic E-state index is 11.1. The van der Waals surface area contributed by atoms with Gasteiger partial charge in [-0.25, -0.2) is 4.98 Å². The van der Waals surface area contributed by atoms with Crippen LogP contribution in [0.4, 0.5) is 5.82 Å². The number of hydrogen-bond donors (Lipinski definition) is 1. The SMILES string of the molecule is Nc1cc(CC2CCC(=O)CC2)ccn1. The number of pyridine rings is 1. The molecule has 0 spiro atoms. The Balaban J connectivity index is 1.94. The number of hydrogen-bond acceptors (Lipinski definition) is 3. The Kier molecular flexibility index (Phi) is 2.99. The molecule has 1 aromatic rings. The number of nitrogens with two attached hydrogens (primary N) is 1. The number of carbonyl (C=O) groups is 1. The van der Waals surface area contributed by atoms with Gasteiger partial charge in [-0.2, -0.15) is 0 Å². The van der Waals surface area contributed by atoms with Crippen molar-refractivity contribution >= 4 is 11.6 Å². The van der Waals surface area contributed by atoms with Gasteiger partial charge < -0.3 is 5.73 Å². The fourth-order valence-electron chi connectivity index (χ4n) is 2.16. The van der Waals surface area contributed by atoms with Crippen molar-refractivity contribution in [3.63, 3.8) is 0 Å². The van der Waals surface area contributed by atoms with Gasteiger partial charge in [-0.05, 0) is 42.9 Å². The van der Waals surface area contributed by atoms with Gasteiger partial charge in [0, 0.05) is 19.0 Å². The number of anilines is 1. The van der Waals surface area contributed by atoms with Gasteiger partial charge in [0.2, 0.25) is 0 Å². The molecule has 1 aliphatic rings. The lowest BCUT2D eigenvalue weighted by Crippen LogP contribution is -2.15. The molecule has 0 aliphatic heterocycles. The molecule has 1 fully saturated rings. The Labute approximate surface area is 89.7 Å². The molecule has 1 aromatic heterocycles. The number of carbonyl (C=O) groups excluding carboxylic acids is 1. The lowest BCUT2D eigenvalue weighted by Gasteiger charge is -2.20. The number of aromatic nitrogens is 1. The fraction of sp³-hybridized carbons (Fsp3) is 0.500. The maximum Gasteiger partial charge on any atom is 0.132 e. The number of Topliss-reactive ketones (excluding diaryl/α,β-unsaturated/α-hetero) is 1. The third-order valence-corrected chi connectivity index (χ3v) is 3.03. The first kappa shape index (κ1) is 10.1. The van der Waals surface area contributed by atoms with Crippen molar-refractivity contribution in [1.29, 1.82) is 0 Å². The summed E-state index contributed by atoms with van der Waals surface area (Å²) in [6.07, 6.45) is 6.34. The van der Waals surface area contributed by atoms with Crippen LogP contribution in [-0.2, 0) is 11.2 Å². The minimum atomic E-state index is 0.417. The molecule has 2 N–H and O–H groups in total. The Morgan fingerprint density at radius 1 is 1.40 bits per heavy atom. The van der Waals surface area contributed by atoms with Crippen LogP contribution in [0.1, 0.15) is 31.2 Å². The lowest BCUT2D eigenvalue weighted by atomic mass is 9.84. The minimum absolute atomic E-state index is 0.417. The van der Waals surface area contributed by atoms with Crippen molar-refractivity contribution in [2.45, 2.75) is 32.1 Å². The van der Waals surface area contributed by atoms with Gasteiger partial charge in [-0.3, -0.25) is 4.79 Å². The molecule has 0 aromatic carbocycles. The van der Waals surface area contributed by atoms with Crippen molar-refractivity contribution in [1.82, 2.24) is 4.98 Å². The molecule has 1 saturated carbocycles.